The maximum absolute atomic E-state index is 11.3. The first kappa shape index (κ1) is 11.0. The summed E-state index contributed by atoms with van der Waals surface area (Å²) < 4.78 is 0. The van der Waals surface area contributed by atoms with Gasteiger partial charge in [0.2, 0.25) is 5.91 Å². The van der Waals surface area contributed by atoms with Crippen LogP contribution in [0.15, 0.2) is 0 Å². The van der Waals surface area contributed by atoms with Crippen LogP contribution in [0.2, 0.25) is 0 Å². The molecule has 0 spiro atoms. The highest BCUT2D eigenvalue weighted by atomic mass is 16.4. The minimum atomic E-state index is -0.878. The Morgan fingerprint density at radius 1 is 1.36 bits per heavy atom. The van der Waals surface area contributed by atoms with Crippen LogP contribution in [-0.2, 0) is 9.59 Å². The zero-order valence-corrected chi connectivity index (χ0v) is 8.86. The van der Waals surface area contributed by atoms with Crippen molar-refractivity contribution < 1.29 is 14.7 Å². The number of amides is 1. The maximum Gasteiger partial charge on any atom is 0.326 e. The van der Waals surface area contributed by atoms with Gasteiger partial charge < -0.3 is 10.0 Å². The Balaban J connectivity index is 2.81. The zero-order valence-electron chi connectivity index (χ0n) is 8.86. The van der Waals surface area contributed by atoms with Crippen molar-refractivity contribution >= 4 is 11.9 Å². The smallest absolute Gasteiger partial charge is 0.326 e. The molecule has 1 N–H and O–H groups in total. The molecule has 14 heavy (non-hydrogen) atoms. The number of rotatable bonds is 4. The van der Waals surface area contributed by atoms with Gasteiger partial charge in [-0.25, -0.2) is 4.79 Å². The van der Waals surface area contributed by atoms with Gasteiger partial charge in [-0.1, -0.05) is 0 Å². The summed E-state index contributed by atoms with van der Waals surface area (Å²) in [5.74, 6) is -0.866. The van der Waals surface area contributed by atoms with Gasteiger partial charge in [0.1, 0.15) is 6.04 Å². The maximum atomic E-state index is 11.3. The van der Waals surface area contributed by atoms with Gasteiger partial charge in [0.25, 0.3) is 0 Å². The van der Waals surface area contributed by atoms with Crippen molar-refractivity contribution in [3.8, 4) is 0 Å². The number of aliphatic carboxylic acids is 1. The molecule has 1 aliphatic carbocycles. The van der Waals surface area contributed by atoms with Crippen LogP contribution in [0, 0.1) is 5.92 Å². The van der Waals surface area contributed by atoms with E-state index >= 15 is 0 Å². The largest absolute Gasteiger partial charge is 0.480 e. The van der Waals surface area contributed by atoms with E-state index in [4.69, 9.17) is 5.11 Å². The van der Waals surface area contributed by atoms with E-state index in [0.717, 1.165) is 12.8 Å². The summed E-state index contributed by atoms with van der Waals surface area (Å²) in [6.07, 6.45) is 1.85. The Bertz CT molecular complexity index is 228. The van der Waals surface area contributed by atoms with Crippen LogP contribution in [0.1, 0.15) is 33.6 Å². The van der Waals surface area contributed by atoms with E-state index in [0.29, 0.717) is 0 Å². The second-order valence-corrected chi connectivity index (χ2v) is 4.14. The van der Waals surface area contributed by atoms with E-state index in [1.807, 2.05) is 13.8 Å². The lowest BCUT2D eigenvalue weighted by Gasteiger charge is -2.31. The average molecular weight is 199 g/mol. The number of carbonyl (C=O) groups is 2. The molecule has 4 heteroatoms. The van der Waals surface area contributed by atoms with Crippen LogP contribution in [-0.4, -0.2) is 34.0 Å². The third-order valence-electron chi connectivity index (χ3n) is 2.54. The number of carboxylic acid groups (broad SMARTS) is 1. The first-order valence-corrected chi connectivity index (χ1v) is 4.97. The van der Waals surface area contributed by atoms with E-state index < -0.39 is 12.0 Å². The normalized spacial score (nSPS) is 18.0. The summed E-state index contributed by atoms with van der Waals surface area (Å²) in [6, 6.07) is -0.665. The average Bonchev–Trinajstić information content (AvgIpc) is 2.79. The van der Waals surface area contributed by atoms with Gasteiger partial charge >= 0.3 is 5.97 Å². The standard InChI is InChI=1S/C10H17NO3/c1-6(2)11(7(3)12)9(10(13)14)8-4-5-8/h6,8-9H,4-5H2,1-3H3,(H,13,14). The fraction of sp³-hybridized carbons (Fsp3) is 0.800. The van der Waals surface area contributed by atoms with E-state index in [1.54, 1.807) is 0 Å². The van der Waals surface area contributed by atoms with Gasteiger partial charge in [0.15, 0.2) is 0 Å². The highest BCUT2D eigenvalue weighted by molar-refractivity contribution is 5.83. The van der Waals surface area contributed by atoms with Crippen LogP contribution >= 0.6 is 0 Å². The lowest BCUT2D eigenvalue weighted by molar-refractivity contribution is -0.152. The second-order valence-electron chi connectivity index (χ2n) is 4.14. The summed E-state index contributed by atoms with van der Waals surface area (Å²) in [5, 5.41) is 9.06. The van der Waals surface area contributed by atoms with E-state index in [9.17, 15) is 9.59 Å². The molecule has 0 radical (unpaired) electrons. The molecule has 1 amide bonds. The molecule has 1 saturated carbocycles. The zero-order chi connectivity index (χ0) is 10.9. The Kier molecular flexibility index (Phi) is 3.13. The SMILES string of the molecule is CC(=O)N(C(C)C)C(C(=O)O)C1CC1. The molecule has 0 heterocycles. The number of carboxylic acids is 1. The predicted octanol–water partition coefficient (Wildman–Crippen LogP) is 1.11. The quantitative estimate of drug-likeness (QED) is 0.737. The third-order valence-corrected chi connectivity index (χ3v) is 2.54. The van der Waals surface area contributed by atoms with Crippen molar-refractivity contribution in [2.24, 2.45) is 5.92 Å². The summed E-state index contributed by atoms with van der Waals surface area (Å²) in [4.78, 5) is 23.8. The van der Waals surface area contributed by atoms with Crippen LogP contribution < -0.4 is 0 Å². The lowest BCUT2D eigenvalue weighted by Crippen LogP contribution is -2.49. The summed E-state index contributed by atoms with van der Waals surface area (Å²) in [7, 11) is 0. The Morgan fingerprint density at radius 2 is 1.86 bits per heavy atom. The highest BCUT2D eigenvalue weighted by Gasteiger charge is 2.42. The van der Waals surface area contributed by atoms with Crippen LogP contribution in [0.4, 0.5) is 0 Å². The Hall–Kier alpha value is -1.06. The summed E-state index contributed by atoms with van der Waals surface area (Å²) in [6.45, 7) is 5.12. The minimum absolute atomic E-state index is 0.0470. The lowest BCUT2D eigenvalue weighted by atomic mass is 10.1. The monoisotopic (exact) mass is 199 g/mol. The first-order valence-electron chi connectivity index (χ1n) is 4.97. The van der Waals surface area contributed by atoms with E-state index in [1.165, 1.54) is 11.8 Å². The van der Waals surface area contributed by atoms with Crippen molar-refractivity contribution in [3.05, 3.63) is 0 Å². The van der Waals surface area contributed by atoms with Crippen LogP contribution in [0.5, 0.6) is 0 Å². The molecule has 0 aromatic rings. The van der Waals surface area contributed by atoms with Crippen molar-refractivity contribution in [3.63, 3.8) is 0 Å². The molecule has 0 saturated heterocycles. The predicted molar refractivity (Wildman–Crippen MR) is 51.8 cm³/mol. The molecular formula is C10H17NO3. The topological polar surface area (TPSA) is 57.6 Å². The molecular weight excluding hydrogens is 182 g/mol. The van der Waals surface area contributed by atoms with E-state index in [-0.39, 0.29) is 17.9 Å². The summed E-state index contributed by atoms with van der Waals surface area (Å²) in [5.41, 5.74) is 0. The highest BCUT2D eigenvalue weighted by Crippen LogP contribution is 2.36. The van der Waals surface area contributed by atoms with Gasteiger partial charge in [-0.15, -0.1) is 0 Å². The van der Waals surface area contributed by atoms with Crippen molar-refractivity contribution in [1.29, 1.82) is 0 Å². The molecule has 1 unspecified atom stereocenters. The van der Waals surface area contributed by atoms with Crippen molar-refractivity contribution in [2.75, 3.05) is 0 Å². The molecule has 0 bridgehead atoms. The molecule has 4 nitrogen and oxygen atoms in total. The summed E-state index contributed by atoms with van der Waals surface area (Å²) >= 11 is 0. The fourth-order valence-corrected chi connectivity index (χ4v) is 1.84. The molecule has 0 aliphatic heterocycles. The third kappa shape index (κ3) is 2.25. The molecule has 0 aromatic heterocycles. The van der Waals surface area contributed by atoms with Gasteiger partial charge in [-0.3, -0.25) is 4.79 Å². The van der Waals surface area contributed by atoms with Gasteiger partial charge in [-0.05, 0) is 32.6 Å². The number of nitrogens with zero attached hydrogens (tertiary/aromatic N) is 1. The minimum Gasteiger partial charge on any atom is -0.480 e. The van der Waals surface area contributed by atoms with Crippen LogP contribution in [0.3, 0.4) is 0 Å². The van der Waals surface area contributed by atoms with Crippen molar-refractivity contribution in [1.82, 2.24) is 4.90 Å². The van der Waals surface area contributed by atoms with Crippen LogP contribution in [0.25, 0.3) is 0 Å². The fourth-order valence-electron chi connectivity index (χ4n) is 1.84. The van der Waals surface area contributed by atoms with Gasteiger partial charge in [0, 0.05) is 13.0 Å². The number of hydrogen-bond donors (Lipinski definition) is 1. The Morgan fingerprint density at radius 3 is 2.07 bits per heavy atom. The molecule has 1 aliphatic rings. The second kappa shape index (κ2) is 3.98. The molecule has 1 atom stereocenters. The number of carbonyl (C=O) groups excluding carboxylic acids is 1. The van der Waals surface area contributed by atoms with Crippen molar-refractivity contribution in [2.45, 2.75) is 45.7 Å². The molecule has 1 rings (SSSR count). The molecule has 0 aromatic carbocycles. The van der Waals surface area contributed by atoms with E-state index in [2.05, 4.69) is 0 Å². The van der Waals surface area contributed by atoms with Gasteiger partial charge in [0.05, 0.1) is 0 Å². The Labute approximate surface area is 83.9 Å². The first-order chi connectivity index (χ1) is 6.45. The number of hydrogen-bond acceptors (Lipinski definition) is 2. The van der Waals surface area contributed by atoms with Gasteiger partial charge in [-0.2, -0.15) is 0 Å². The molecule has 1 fully saturated rings. The molecule has 80 valence electrons.